The number of carbonyl (C=O) groups is 5. The molecule has 3 rings (SSSR count). The summed E-state index contributed by atoms with van der Waals surface area (Å²) in [6.07, 6.45) is 1.86. The number of benzene rings is 3. The van der Waals surface area contributed by atoms with E-state index in [1.165, 1.54) is 42.5 Å². The first-order valence-electron chi connectivity index (χ1n) is 14.9. The van der Waals surface area contributed by atoms with Crippen LogP contribution in [0.2, 0.25) is 0 Å². The normalized spacial score (nSPS) is 10.4. The van der Waals surface area contributed by atoms with Crippen molar-refractivity contribution in [2.24, 2.45) is 0 Å². The molecule has 0 fully saturated rings. The van der Waals surface area contributed by atoms with Crippen LogP contribution in [0.1, 0.15) is 44.4 Å². The van der Waals surface area contributed by atoms with Crippen LogP contribution in [-0.4, -0.2) is 83.0 Å². The summed E-state index contributed by atoms with van der Waals surface area (Å²) in [6.45, 7) is 6.81. The van der Waals surface area contributed by atoms with Gasteiger partial charge in [-0.15, -0.1) is 0 Å². The second kappa shape index (κ2) is 20.6. The molecule has 0 heterocycles. The maximum atomic E-state index is 12.7. The van der Waals surface area contributed by atoms with Crippen molar-refractivity contribution in [3.05, 3.63) is 96.1 Å². The summed E-state index contributed by atoms with van der Waals surface area (Å²) >= 11 is 0. The first kappa shape index (κ1) is 36.9. The van der Waals surface area contributed by atoms with E-state index in [2.05, 4.69) is 6.58 Å². The van der Waals surface area contributed by atoms with E-state index in [1.807, 2.05) is 0 Å². The highest BCUT2D eigenvalue weighted by molar-refractivity contribution is 5.93. The molecule has 0 aliphatic carbocycles. The van der Waals surface area contributed by atoms with Gasteiger partial charge in [0, 0.05) is 12.5 Å². The second-order valence-electron chi connectivity index (χ2n) is 9.51. The fourth-order valence-electron chi connectivity index (χ4n) is 3.69. The van der Waals surface area contributed by atoms with Crippen LogP contribution in [0.15, 0.2) is 79.4 Å². The number of hydrogen-bond donors (Lipinski definition) is 0. The topological polar surface area (TPSA) is 159 Å². The van der Waals surface area contributed by atoms with Crippen LogP contribution in [0.3, 0.4) is 0 Å². The molecule has 3 aromatic rings. The Labute approximate surface area is 277 Å². The second-order valence-corrected chi connectivity index (χ2v) is 9.51. The van der Waals surface area contributed by atoms with Crippen LogP contribution in [-0.2, 0) is 28.5 Å². The monoisotopic (exact) mass is 664 g/mol. The third-order valence-corrected chi connectivity index (χ3v) is 6.11. The van der Waals surface area contributed by atoms with E-state index in [-0.39, 0.29) is 87.0 Å². The number of hydrogen-bond acceptors (Lipinski definition) is 13. The highest BCUT2D eigenvalue weighted by Gasteiger charge is 2.15. The number of esters is 4. The molecule has 48 heavy (non-hydrogen) atoms. The average Bonchev–Trinajstić information content (AvgIpc) is 3.11. The van der Waals surface area contributed by atoms with Crippen molar-refractivity contribution in [2.45, 2.75) is 13.3 Å². The van der Waals surface area contributed by atoms with Crippen LogP contribution < -0.4 is 18.9 Å². The molecule has 0 atom stereocenters. The van der Waals surface area contributed by atoms with Crippen molar-refractivity contribution in [3.8, 4) is 23.0 Å². The molecule has 13 nitrogen and oxygen atoms in total. The predicted octanol–water partition coefficient (Wildman–Crippen LogP) is 4.41. The summed E-state index contributed by atoms with van der Waals surface area (Å²) in [5.74, 6) is -1.13. The van der Waals surface area contributed by atoms with Crippen molar-refractivity contribution < 1.29 is 61.9 Å². The Morgan fingerprint density at radius 2 is 1.12 bits per heavy atom. The summed E-state index contributed by atoms with van der Waals surface area (Å²) in [7, 11) is 0. The maximum absolute atomic E-state index is 12.7. The fourth-order valence-corrected chi connectivity index (χ4v) is 3.69. The minimum Gasteiger partial charge on any atom is -0.491 e. The molecular weight excluding hydrogens is 628 g/mol. The molecular formula is C35H36O13. The molecule has 0 aliphatic heterocycles. The predicted molar refractivity (Wildman–Crippen MR) is 170 cm³/mol. The summed E-state index contributed by atoms with van der Waals surface area (Å²) in [5.41, 5.74) is 0.456. The van der Waals surface area contributed by atoms with Gasteiger partial charge >= 0.3 is 23.9 Å². The molecule has 254 valence electrons. The zero-order valence-electron chi connectivity index (χ0n) is 26.4. The van der Waals surface area contributed by atoms with Crippen LogP contribution in [0, 0.1) is 0 Å². The van der Waals surface area contributed by atoms with Gasteiger partial charge in [0.2, 0.25) is 0 Å². The average molecular weight is 665 g/mol. The van der Waals surface area contributed by atoms with Gasteiger partial charge in [-0.25, -0.2) is 14.4 Å². The molecule has 0 aliphatic rings. The smallest absolute Gasteiger partial charge is 0.343 e. The van der Waals surface area contributed by atoms with E-state index in [1.54, 1.807) is 31.2 Å². The minimum absolute atomic E-state index is 0.00218. The Hall–Kier alpha value is -5.53. The first-order chi connectivity index (χ1) is 23.3. The number of ether oxygens (including phenoxy) is 8. The van der Waals surface area contributed by atoms with Gasteiger partial charge in [0.15, 0.2) is 6.29 Å². The number of carbonyl (C=O) groups excluding carboxylic acids is 5. The van der Waals surface area contributed by atoms with Crippen molar-refractivity contribution in [1.29, 1.82) is 0 Å². The van der Waals surface area contributed by atoms with Gasteiger partial charge in [0.1, 0.15) is 49.4 Å². The van der Waals surface area contributed by atoms with Gasteiger partial charge in [-0.1, -0.05) is 13.5 Å². The van der Waals surface area contributed by atoms with Crippen LogP contribution in [0.4, 0.5) is 0 Å². The van der Waals surface area contributed by atoms with Crippen molar-refractivity contribution in [1.82, 2.24) is 0 Å². The Balaban J connectivity index is 1.42. The Kier molecular flexibility index (Phi) is 15.8. The van der Waals surface area contributed by atoms with Gasteiger partial charge in [0.05, 0.1) is 43.1 Å². The van der Waals surface area contributed by atoms with Crippen molar-refractivity contribution in [2.75, 3.05) is 52.9 Å². The quantitative estimate of drug-likeness (QED) is 0.0519. The highest BCUT2D eigenvalue weighted by atomic mass is 16.6. The molecule has 3 aromatic carbocycles. The van der Waals surface area contributed by atoms with E-state index in [9.17, 15) is 24.0 Å². The number of rotatable bonds is 21. The lowest BCUT2D eigenvalue weighted by molar-refractivity contribution is -0.145. The molecule has 0 spiro atoms. The number of aldehydes is 1. The van der Waals surface area contributed by atoms with Crippen molar-refractivity contribution in [3.63, 3.8) is 0 Å². The van der Waals surface area contributed by atoms with Gasteiger partial charge in [-0.2, -0.15) is 0 Å². The van der Waals surface area contributed by atoms with Gasteiger partial charge < -0.3 is 37.9 Å². The van der Waals surface area contributed by atoms with Crippen LogP contribution in [0.25, 0.3) is 0 Å². The van der Waals surface area contributed by atoms with E-state index >= 15 is 0 Å². The lowest BCUT2D eigenvalue weighted by Crippen LogP contribution is -2.13. The fraction of sp³-hybridized carbons (Fsp3) is 0.286. The molecule has 0 saturated heterocycles. The third kappa shape index (κ3) is 13.1. The molecule has 0 N–H and O–H groups in total. The summed E-state index contributed by atoms with van der Waals surface area (Å²) < 4.78 is 42.3. The third-order valence-electron chi connectivity index (χ3n) is 6.11. The SMILES string of the molecule is C=CC(=O)OCCOCCOc1ccc(C(=O)Oc2ccc(OC(=O)c3ccc(OCCOCCOC(=O)CC)cc3)cc2C=O)cc1. The molecule has 0 aromatic heterocycles. The maximum Gasteiger partial charge on any atom is 0.343 e. The van der Waals surface area contributed by atoms with E-state index < -0.39 is 17.9 Å². The zero-order chi connectivity index (χ0) is 34.6. The Bertz CT molecular complexity index is 1510. The van der Waals surface area contributed by atoms with Gasteiger partial charge in [-0.3, -0.25) is 9.59 Å². The molecule has 0 amide bonds. The summed E-state index contributed by atoms with van der Waals surface area (Å²) in [6, 6.07) is 16.5. The molecule has 0 saturated carbocycles. The van der Waals surface area contributed by atoms with E-state index in [4.69, 9.17) is 37.9 Å². The summed E-state index contributed by atoms with van der Waals surface area (Å²) in [4.78, 5) is 59.1. The Morgan fingerprint density at radius 1 is 0.625 bits per heavy atom. The minimum atomic E-state index is -0.710. The Morgan fingerprint density at radius 3 is 1.65 bits per heavy atom. The standard InChI is InChI=1S/C35H36O13/c1-3-32(37)45-21-17-41-15-19-43-28-9-5-25(6-10-28)34(39)47-30-13-14-31(27(23-30)24-36)48-35(40)26-7-11-29(12-8-26)44-20-16-42-18-22-46-33(38)4-2/h4-14,23-24H,2-3,15-22H2,1H3. The van der Waals surface area contributed by atoms with Crippen LogP contribution >= 0.6 is 0 Å². The van der Waals surface area contributed by atoms with E-state index in [0.717, 1.165) is 6.08 Å². The molecule has 0 unspecified atom stereocenters. The first-order valence-corrected chi connectivity index (χ1v) is 14.9. The zero-order valence-corrected chi connectivity index (χ0v) is 26.4. The van der Waals surface area contributed by atoms with Crippen LogP contribution in [0.5, 0.6) is 23.0 Å². The molecule has 0 radical (unpaired) electrons. The summed E-state index contributed by atoms with van der Waals surface area (Å²) in [5, 5.41) is 0. The van der Waals surface area contributed by atoms with E-state index in [0.29, 0.717) is 24.2 Å². The molecule has 0 bridgehead atoms. The lowest BCUT2D eigenvalue weighted by atomic mass is 10.2. The lowest BCUT2D eigenvalue weighted by Gasteiger charge is -2.11. The molecule has 13 heteroatoms. The van der Waals surface area contributed by atoms with Crippen molar-refractivity contribution >= 4 is 30.2 Å². The highest BCUT2D eigenvalue weighted by Crippen LogP contribution is 2.25. The van der Waals surface area contributed by atoms with Gasteiger partial charge in [-0.05, 0) is 66.7 Å². The largest absolute Gasteiger partial charge is 0.491 e. The van der Waals surface area contributed by atoms with Gasteiger partial charge in [0.25, 0.3) is 0 Å².